The van der Waals surface area contributed by atoms with Crippen molar-refractivity contribution in [2.24, 2.45) is 5.73 Å². The summed E-state index contributed by atoms with van der Waals surface area (Å²) in [5.74, 6) is 0.254. The van der Waals surface area contributed by atoms with Crippen LogP contribution in [0.1, 0.15) is 25.3 Å². The summed E-state index contributed by atoms with van der Waals surface area (Å²) in [4.78, 5) is 11.1. The Morgan fingerprint density at radius 1 is 1.33 bits per heavy atom. The first-order valence-electron chi connectivity index (χ1n) is 6.22. The summed E-state index contributed by atoms with van der Waals surface area (Å²) < 4.78 is 9.94. The average molecular weight is 251 g/mol. The van der Waals surface area contributed by atoms with Crippen LogP contribution in [0.4, 0.5) is 0 Å². The number of rotatable bonds is 7. The second-order valence-electron chi connectivity index (χ2n) is 4.19. The lowest BCUT2D eigenvalue weighted by Crippen LogP contribution is -2.37. The normalized spacial score (nSPS) is 11.9. The van der Waals surface area contributed by atoms with Crippen LogP contribution in [0.2, 0.25) is 0 Å². The number of hydrogen-bond donors (Lipinski definition) is 1. The molecule has 0 saturated heterocycles. The van der Waals surface area contributed by atoms with Gasteiger partial charge in [0.25, 0.3) is 0 Å². The van der Waals surface area contributed by atoms with Crippen LogP contribution >= 0.6 is 0 Å². The van der Waals surface area contributed by atoms with Crippen molar-refractivity contribution in [3.8, 4) is 5.75 Å². The van der Waals surface area contributed by atoms with Gasteiger partial charge in [-0.15, -0.1) is 0 Å². The maximum atomic E-state index is 11.1. The van der Waals surface area contributed by atoms with E-state index in [-0.39, 0.29) is 6.61 Å². The Morgan fingerprint density at radius 3 is 2.56 bits per heavy atom. The minimum Gasteiger partial charge on any atom is -0.491 e. The monoisotopic (exact) mass is 251 g/mol. The maximum absolute atomic E-state index is 11.1. The predicted molar refractivity (Wildman–Crippen MR) is 70.5 cm³/mol. The molecule has 0 aliphatic heterocycles. The van der Waals surface area contributed by atoms with Gasteiger partial charge in [0.05, 0.1) is 7.11 Å². The lowest BCUT2D eigenvalue weighted by Gasteiger charge is -2.11. The largest absolute Gasteiger partial charge is 0.491 e. The van der Waals surface area contributed by atoms with Crippen LogP contribution in [0.15, 0.2) is 24.3 Å². The van der Waals surface area contributed by atoms with Crippen LogP contribution in [0.25, 0.3) is 0 Å². The number of esters is 1. The standard InChI is InChI=1S/C14H21NO3/c1-3-4-5-11-6-8-12(9-7-11)18-10-13(15)14(16)17-2/h6-9,13H,3-5,10,15H2,1-2H3. The Bertz CT molecular complexity index is 362. The van der Waals surface area contributed by atoms with Crippen LogP contribution < -0.4 is 10.5 Å². The van der Waals surface area contributed by atoms with Crippen LogP contribution in [0.3, 0.4) is 0 Å². The lowest BCUT2D eigenvalue weighted by atomic mass is 10.1. The number of benzene rings is 1. The van der Waals surface area contributed by atoms with Crippen molar-refractivity contribution < 1.29 is 14.3 Å². The summed E-state index contributed by atoms with van der Waals surface area (Å²) in [7, 11) is 1.31. The highest BCUT2D eigenvalue weighted by molar-refractivity contribution is 5.75. The van der Waals surface area contributed by atoms with E-state index in [2.05, 4.69) is 11.7 Å². The first-order valence-corrected chi connectivity index (χ1v) is 6.22. The van der Waals surface area contributed by atoms with Crippen molar-refractivity contribution >= 4 is 5.97 Å². The average Bonchev–Trinajstić information content (AvgIpc) is 2.42. The predicted octanol–water partition coefficient (Wildman–Crippen LogP) is 1.91. The van der Waals surface area contributed by atoms with Gasteiger partial charge < -0.3 is 15.2 Å². The SMILES string of the molecule is CCCCc1ccc(OCC(N)C(=O)OC)cc1. The highest BCUT2D eigenvalue weighted by Crippen LogP contribution is 2.14. The molecule has 2 N–H and O–H groups in total. The van der Waals surface area contributed by atoms with Gasteiger partial charge in [-0.05, 0) is 30.5 Å². The van der Waals surface area contributed by atoms with E-state index >= 15 is 0 Å². The molecule has 4 nitrogen and oxygen atoms in total. The van der Waals surface area contributed by atoms with Gasteiger partial charge in [0.15, 0.2) is 0 Å². The minimum atomic E-state index is -0.741. The lowest BCUT2D eigenvalue weighted by molar-refractivity contribution is -0.142. The molecule has 1 aromatic rings. The number of methoxy groups -OCH3 is 1. The third kappa shape index (κ3) is 4.75. The topological polar surface area (TPSA) is 61.5 Å². The Morgan fingerprint density at radius 2 is 2.00 bits per heavy atom. The Balaban J connectivity index is 2.41. The fourth-order valence-corrected chi connectivity index (χ4v) is 1.54. The fraction of sp³-hybridized carbons (Fsp3) is 0.500. The summed E-state index contributed by atoms with van der Waals surface area (Å²) in [5, 5.41) is 0. The quantitative estimate of drug-likeness (QED) is 0.752. The van der Waals surface area contributed by atoms with Crippen LogP contribution in [0.5, 0.6) is 5.75 Å². The first-order chi connectivity index (χ1) is 8.67. The molecule has 0 heterocycles. The van der Waals surface area contributed by atoms with Gasteiger partial charge in [0, 0.05) is 0 Å². The van der Waals surface area contributed by atoms with Crippen molar-refractivity contribution in [2.75, 3.05) is 13.7 Å². The van der Waals surface area contributed by atoms with E-state index < -0.39 is 12.0 Å². The van der Waals surface area contributed by atoms with Gasteiger partial charge in [-0.1, -0.05) is 25.5 Å². The summed E-state index contributed by atoms with van der Waals surface area (Å²) >= 11 is 0. The molecule has 0 saturated carbocycles. The molecule has 0 aliphatic rings. The summed E-state index contributed by atoms with van der Waals surface area (Å²) in [6.07, 6.45) is 3.46. The van der Waals surface area contributed by atoms with Crippen molar-refractivity contribution in [1.29, 1.82) is 0 Å². The van der Waals surface area contributed by atoms with Crippen LogP contribution in [-0.4, -0.2) is 25.7 Å². The smallest absolute Gasteiger partial charge is 0.326 e. The summed E-state index contributed by atoms with van der Waals surface area (Å²) in [6.45, 7) is 2.30. The first kappa shape index (κ1) is 14.5. The van der Waals surface area contributed by atoms with E-state index in [1.807, 2.05) is 24.3 Å². The van der Waals surface area contributed by atoms with Crippen LogP contribution in [-0.2, 0) is 16.0 Å². The number of nitrogens with two attached hydrogens (primary N) is 1. The van der Waals surface area contributed by atoms with Gasteiger partial charge in [-0.3, -0.25) is 4.79 Å². The van der Waals surface area contributed by atoms with E-state index in [1.54, 1.807) is 0 Å². The molecular formula is C14H21NO3. The van der Waals surface area contributed by atoms with E-state index in [1.165, 1.54) is 25.5 Å². The van der Waals surface area contributed by atoms with Crippen molar-refractivity contribution in [3.63, 3.8) is 0 Å². The zero-order valence-corrected chi connectivity index (χ0v) is 11.0. The molecule has 0 bridgehead atoms. The van der Waals surface area contributed by atoms with Crippen molar-refractivity contribution in [1.82, 2.24) is 0 Å². The molecule has 0 fully saturated rings. The number of carbonyl (C=O) groups excluding carboxylic acids is 1. The zero-order valence-electron chi connectivity index (χ0n) is 11.0. The Hall–Kier alpha value is -1.55. The zero-order chi connectivity index (χ0) is 13.4. The fourth-order valence-electron chi connectivity index (χ4n) is 1.54. The Kier molecular flexibility index (Phi) is 6.22. The van der Waals surface area contributed by atoms with E-state index in [9.17, 15) is 4.79 Å². The second-order valence-corrected chi connectivity index (χ2v) is 4.19. The maximum Gasteiger partial charge on any atom is 0.326 e. The number of aryl methyl sites for hydroxylation is 1. The molecule has 0 aromatic heterocycles. The molecule has 1 atom stereocenters. The number of unbranched alkanes of at least 4 members (excludes halogenated alkanes) is 1. The molecule has 1 aromatic carbocycles. The summed E-state index contributed by atoms with van der Waals surface area (Å²) in [6, 6.07) is 7.13. The molecule has 18 heavy (non-hydrogen) atoms. The number of hydrogen-bond acceptors (Lipinski definition) is 4. The molecule has 1 rings (SSSR count). The number of ether oxygens (including phenoxy) is 2. The molecule has 4 heteroatoms. The van der Waals surface area contributed by atoms with Gasteiger partial charge in [0.2, 0.25) is 0 Å². The number of carbonyl (C=O) groups is 1. The van der Waals surface area contributed by atoms with Gasteiger partial charge in [-0.25, -0.2) is 0 Å². The van der Waals surface area contributed by atoms with E-state index in [0.717, 1.165) is 12.2 Å². The Labute approximate surface area is 108 Å². The highest BCUT2D eigenvalue weighted by Gasteiger charge is 2.14. The van der Waals surface area contributed by atoms with E-state index in [0.29, 0.717) is 0 Å². The minimum absolute atomic E-state index is 0.126. The molecule has 100 valence electrons. The van der Waals surface area contributed by atoms with Gasteiger partial charge in [-0.2, -0.15) is 0 Å². The van der Waals surface area contributed by atoms with Crippen molar-refractivity contribution in [2.45, 2.75) is 32.2 Å². The van der Waals surface area contributed by atoms with Gasteiger partial charge in [0.1, 0.15) is 18.4 Å². The van der Waals surface area contributed by atoms with Crippen LogP contribution in [0, 0.1) is 0 Å². The molecule has 1 unspecified atom stereocenters. The highest BCUT2D eigenvalue weighted by atomic mass is 16.5. The second kappa shape index (κ2) is 7.71. The molecule has 0 amide bonds. The van der Waals surface area contributed by atoms with Gasteiger partial charge >= 0.3 is 5.97 Å². The molecule has 0 aliphatic carbocycles. The third-order valence-corrected chi connectivity index (χ3v) is 2.68. The third-order valence-electron chi connectivity index (χ3n) is 2.68. The summed E-state index contributed by atoms with van der Waals surface area (Å²) in [5.41, 5.74) is 6.86. The molecule has 0 spiro atoms. The van der Waals surface area contributed by atoms with E-state index in [4.69, 9.17) is 10.5 Å². The molecular weight excluding hydrogens is 230 g/mol. The van der Waals surface area contributed by atoms with Crippen molar-refractivity contribution in [3.05, 3.63) is 29.8 Å². The molecule has 0 radical (unpaired) electrons.